The molecule has 1 fully saturated rings. The van der Waals surface area contributed by atoms with Crippen LogP contribution in [0.2, 0.25) is 0 Å². The van der Waals surface area contributed by atoms with Crippen molar-refractivity contribution >= 4 is 43.5 Å². The van der Waals surface area contributed by atoms with E-state index in [0.717, 1.165) is 37.9 Å². The second-order valence-electron chi connectivity index (χ2n) is 7.68. The van der Waals surface area contributed by atoms with Crippen molar-refractivity contribution in [3.05, 3.63) is 58.8 Å². The predicted octanol–water partition coefficient (Wildman–Crippen LogP) is 4.10. The van der Waals surface area contributed by atoms with Crippen LogP contribution in [0, 0.1) is 5.82 Å². The Morgan fingerprint density at radius 2 is 1.67 bits per heavy atom. The zero-order valence-electron chi connectivity index (χ0n) is 16.8. The van der Waals surface area contributed by atoms with Crippen LogP contribution in [0.3, 0.4) is 0 Å². The van der Waals surface area contributed by atoms with Gasteiger partial charge in [0.2, 0.25) is 15.9 Å². The van der Waals surface area contributed by atoms with E-state index in [2.05, 4.69) is 15.9 Å². The molecule has 30 heavy (non-hydrogen) atoms. The first kappa shape index (κ1) is 22.6. The maximum Gasteiger partial charge on any atom is 0.252 e. The average molecular weight is 497 g/mol. The molecule has 0 saturated carbocycles. The van der Waals surface area contributed by atoms with Crippen molar-refractivity contribution in [3.63, 3.8) is 0 Å². The third-order valence-corrected chi connectivity index (χ3v) is 7.99. The monoisotopic (exact) mass is 496 g/mol. The van der Waals surface area contributed by atoms with E-state index in [1.54, 1.807) is 45.0 Å². The fraction of sp³-hybridized carbons (Fsp3) is 0.333. The van der Waals surface area contributed by atoms with Gasteiger partial charge in [0.15, 0.2) is 0 Å². The summed E-state index contributed by atoms with van der Waals surface area (Å²) in [6.07, 6.45) is 0.141. The van der Waals surface area contributed by atoms with E-state index in [0.29, 0.717) is 12.1 Å². The molecule has 0 radical (unpaired) electrons. The molecule has 160 valence electrons. The van der Waals surface area contributed by atoms with Gasteiger partial charge >= 0.3 is 0 Å². The molecule has 0 N–H and O–H groups in total. The number of carbonyl (C=O) groups excluding carboxylic acids is 2. The van der Waals surface area contributed by atoms with Gasteiger partial charge in [0, 0.05) is 10.0 Å². The molecular formula is C21H22BrFN2O4S. The van der Waals surface area contributed by atoms with Crippen LogP contribution in [0.5, 0.6) is 0 Å². The minimum atomic E-state index is -4.18. The zero-order chi connectivity index (χ0) is 22.3. The maximum absolute atomic E-state index is 13.5. The number of rotatable bonds is 6. The number of nitrogens with zero attached hydrogens (tertiary/aromatic N) is 2. The molecule has 3 rings (SSSR count). The van der Waals surface area contributed by atoms with Crippen LogP contribution in [-0.4, -0.2) is 36.1 Å². The van der Waals surface area contributed by atoms with E-state index < -0.39 is 39.2 Å². The largest absolute Gasteiger partial charge is 0.274 e. The van der Waals surface area contributed by atoms with Crippen LogP contribution in [-0.2, 0) is 19.6 Å². The van der Waals surface area contributed by atoms with Gasteiger partial charge < -0.3 is 0 Å². The highest BCUT2D eigenvalue weighted by Crippen LogP contribution is 2.35. The summed E-state index contributed by atoms with van der Waals surface area (Å²) < 4.78 is 42.2. The van der Waals surface area contributed by atoms with E-state index in [9.17, 15) is 22.4 Å². The highest BCUT2D eigenvalue weighted by molar-refractivity contribution is 9.10. The first-order chi connectivity index (χ1) is 14.0. The van der Waals surface area contributed by atoms with Gasteiger partial charge in [-0.3, -0.25) is 9.59 Å². The van der Waals surface area contributed by atoms with Gasteiger partial charge in [0.1, 0.15) is 11.9 Å². The molecule has 1 heterocycles. The molecule has 0 aromatic heterocycles. The summed E-state index contributed by atoms with van der Waals surface area (Å²) in [4.78, 5) is 26.9. The second-order valence-corrected chi connectivity index (χ2v) is 10.4. The Labute approximate surface area is 183 Å². The lowest BCUT2D eigenvalue weighted by atomic mass is 10.00. The summed E-state index contributed by atoms with van der Waals surface area (Å²) in [6.45, 7) is 5.21. The van der Waals surface area contributed by atoms with Crippen molar-refractivity contribution in [3.8, 4) is 0 Å². The fourth-order valence-electron chi connectivity index (χ4n) is 3.45. The fourth-order valence-corrected chi connectivity index (χ4v) is 5.70. The standard InChI is InChI=1S/C21H22BrFN2O4S/c1-4-21(2,3)25(30(28,29)17-11-7-15(23)8-12-17)18-13-19(26)24(20(18)27)16-9-5-14(22)6-10-16/h5-12,18H,4,13H2,1-3H3. The van der Waals surface area contributed by atoms with E-state index in [1.165, 1.54) is 0 Å². The molecule has 1 saturated heterocycles. The number of carbonyl (C=O) groups is 2. The molecule has 9 heteroatoms. The highest BCUT2D eigenvalue weighted by Gasteiger charge is 2.51. The van der Waals surface area contributed by atoms with Gasteiger partial charge in [-0.25, -0.2) is 17.7 Å². The minimum absolute atomic E-state index is 0.132. The lowest BCUT2D eigenvalue weighted by Gasteiger charge is -2.39. The maximum atomic E-state index is 13.5. The summed E-state index contributed by atoms with van der Waals surface area (Å²) in [5.41, 5.74) is -0.576. The Kier molecular flexibility index (Phi) is 6.18. The van der Waals surface area contributed by atoms with E-state index in [1.807, 2.05) is 0 Å². The van der Waals surface area contributed by atoms with Crippen LogP contribution in [0.15, 0.2) is 57.9 Å². The smallest absolute Gasteiger partial charge is 0.252 e. The number of hydrogen-bond donors (Lipinski definition) is 0. The number of benzene rings is 2. The summed E-state index contributed by atoms with van der Waals surface area (Å²) >= 11 is 3.31. The first-order valence-corrected chi connectivity index (χ1v) is 11.6. The molecule has 1 atom stereocenters. The number of anilines is 1. The Morgan fingerprint density at radius 3 is 2.20 bits per heavy atom. The van der Waals surface area contributed by atoms with Crippen LogP contribution in [0.25, 0.3) is 0 Å². The third-order valence-electron chi connectivity index (χ3n) is 5.32. The molecule has 2 amide bonds. The average Bonchev–Trinajstić information content (AvgIpc) is 2.96. The minimum Gasteiger partial charge on any atom is -0.274 e. The van der Waals surface area contributed by atoms with E-state index >= 15 is 0 Å². The molecule has 0 bridgehead atoms. The predicted molar refractivity (Wildman–Crippen MR) is 115 cm³/mol. The Balaban J connectivity index is 2.07. The number of sulfonamides is 1. The Morgan fingerprint density at radius 1 is 1.10 bits per heavy atom. The van der Waals surface area contributed by atoms with Gasteiger partial charge in [-0.2, -0.15) is 4.31 Å². The third kappa shape index (κ3) is 4.06. The Bertz CT molecular complexity index is 1070. The lowest BCUT2D eigenvalue weighted by molar-refractivity contribution is -0.122. The number of imide groups is 1. The van der Waals surface area contributed by atoms with Gasteiger partial charge in [-0.1, -0.05) is 22.9 Å². The van der Waals surface area contributed by atoms with Crippen molar-refractivity contribution in [1.29, 1.82) is 0 Å². The summed E-state index contributed by atoms with van der Waals surface area (Å²) in [7, 11) is -4.18. The van der Waals surface area contributed by atoms with Crippen molar-refractivity contribution in [2.75, 3.05) is 4.90 Å². The number of amides is 2. The lowest BCUT2D eigenvalue weighted by Crippen LogP contribution is -2.55. The summed E-state index contributed by atoms with van der Waals surface area (Å²) in [5, 5.41) is 0. The van der Waals surface area contributed by atoms with Crippen molar-refractivity contribution in [2.24, 2.45) is 0 Å². The summed E-state index contributed by atoms with van der Waals surface area (Å²) in [6, 6.07) is 9.89. The second kappa shape index (κ2) is 8.20. The van der Waals surface area contributed by atoms with Crippen LogP contribution >= 0.6 is 15.9 Å². The molecule has 2 aromatic carbocycles. The molecule has 1 unspecified atom stereocenters. The molecule has 1 aliphatic rings. The molecule has 6 nitrogen and oxygen atoms in total. The van der Waals surface area contributed by atoms with Crippen molar-refractivity contribution in [1.82, 2.24) is 4.31 Å². The van der Waals surface area contributed by atoms with Crippen LogP contribution in [0.1, 0.15) is 33.6 Å². The van der Waals surface area contributed by atoms with Gasteiger partial charge in [-0.15, -0.1) is 0 Å². The van der Waals surface area contributed by atoms with Crippen molar-refractivity contribution in [2.45, 2.75) is 50.1 Å². The first-order valence-electron chi connectivity index (χ1n) is 9.41. The van der Waals surface area contributed by atoms with Gasteiger partial charge in [0.05, 0.1) is 17.0 Å². The normalized spacial score (nSPS) is 17.8. The van der Waals surface area contributed by atoms with Gasteiger partial charge in [-0.05, 0) is 68.8 Å². The number of hydrogen-bond acceptors (Lipinski definition) is 4. The SMILES string of the molecule is CCC(C)(C)N(C1CC(=O)N(c2ccc(Br)cc2)C1=O)S(=O)(=O)c1ccc(F)cc1. The van der Waals surface area contributed by atoms with Crippen molar-refractivity contribution < 1.29 is 22.4 Å². The molecule has 0 spiro atoms. The topological polar surface area (TPSA) is 74.8 Å². The number of halogens is 2. The molecule has 0 aliphatic carbocycles. The highest BCUT2D eigenvalue weighted by atomic mass is 79.9. The molecule has 1 aliphatic heterocycles. The quantitative estimate of drug-likeness (QED) is 0.564. The zero-order valence-corrected chi connectivity index (χ0v) is 19.2. The van der Waals surface area contributed by atoms with Gasteiger partial charge in [0.25, 0.3) is 5.91 Å². The van der Waals surface area contributed by atoms with Crippen LogP contribution in [0.4, 0.5) is 10.1 Å². The molecular weight excluding hydrogens is 475 g/mol. The van der Waals surface area contributed by atoms with E-state index in [4.69, 9.17) is 0 Å². The van der Waals surface area contributed by atoms with E-state index in [-0.39, 0.29) is 11.3 Å². The molecule has 2 aromatic rings. The summed E-state index contributed by atoms with van der Waals surface area (Å²) in [5.74, 6) is -1.64. The Hall–Kier alpha value is -2.10. The van der Waals surface area contributed by atoms with Crippen LogP contribution < -0.4 is 4.90 Å².